The summed E-state index contributed by atoms with van der Waals surface area (Å²) in [4.78, 5) is 4.49. The highest BCUT2D eigenvalue weighted by Gasteiger charge is 2.40. The molecule has 2 fully saturated rings. The van der Waals surface area contributed by atoms with Gasteiger partial charge in [0.2, 0.25) is 0 Å². The number of nitrogens with zero attached hydrogens (tertiary/aromatic N) is 1. The highest BCUT2D eigenvalue weighted by Crippen LogP contribution is 2.39. The van der Waals surface area contributed by atoms with Crippen molar-refractivity contribution in [1.29, 1.82) is 0 Å². The Morgan fingerprint density at radius 3 is 3.00 bits per heavy atom. The Balaban J connectivity index is 1.68. The average molecular weight is 310 g/mol. The van der Waals surface area contributed by atoms with Gasteiger partial charge >= 0.3 is 0 Å². The van der Waals surface area contributed by atoms with Gasteiger partial charge in [-0.1, -0.05) is 0 Å². The lowest BCUT2D eigenvalue weighted by atomic mass is 9.70. The third kappa shape index (κ3) is 2.41. The first-order valence-electron chi connectivity index (χ1n) is 6.81. The number of nitrogens with one attached hydrogen (secondary N) is 2. The van der Waals surface area contributed by atoms with Crippen LogP contribution in [0.2, 0.25) is 0 Å². The van der Waals surface area contributed by atoms with E-state index in [1.807, 2.05) is 6.20 Å². The minimum absolute atomic E-state index is 0.438. The van der Waals surface area contributed by atoms with Crippen molar-refractivity contribution < 1.29 is 0 Å². The molecule has 2 heterocycles. The van der Waals surface area contributed by atoms with Crippen LogP contribution < -0.4 is 10.6 Å². The second-order valence-corrected chi connectivity index (χ2v) is 6.59. The highest BCUT2D eigenvalue weighted by molar-refractivity contribution is 9.10. The molecule has 98 valence electrons. The van der Waals surface area contributed by atoms with Gasteiger partial charge in [-0.15, -0.1) is 0 Å². The second kappa shape index (κ2) is 4.82. The summed E-state index contributed by atoms with van der Waals surface area (Å²) in [7, 11) is 0. The van der Waals surface area contributed by atoms with E-state index in [0.29, 0.717) is 11.6 Å². The summed E-state index contributed by atoms with van der Waals surface area (Å²) >= 11 is 3.59. The van der Waals surface area contributed by atoms with Gasteiger partial charge in [0.25, 0.3) is 0 Å². The molecule has 1 spiro atoms. The van der Waals surface area contributed by atoms with E-state index in [9.17, 15) is 0 Å². The Hall–Kier alpha value is -0.610. The number of aromatic nitrogens is 1. The van der Waals surface area contributed by atoms with Gasteiger partial charge < -0.3 is 10.6 Å². The standard InChI is InChI=1S/C14H20BrN3/c1-10-7-12(15)13(16-9-10)18-11-3-6-17-14(8-11)4-2-5-14/h7,9,11,17H,2-6,8H2,1H3,(H,16,18). The number of anilines is 1. The molecule has 0 radical (unpaired) electrons. The van der Waals surface area contributed by atoms with Crippen LogP contribution in [0, 0.1) is 6.92 Å². The minimum Gasteiger partial charge on any atom is -0.366 e. The van der Waals surface area contributed by atoms with E-state index in [1.54, 1.807) is 0 Å². The normalized spacial score (nSPS) is 25.8. The van der Waals surface area contributed by atoms with Crippen molar-refractivity contribution >= 4 is 21.7 Å². The summed E-state index contributed by atoms with van der Waals surface area (Å²) in [5.74, 6) is 0.988. The zero-order valence-electron chi connectivity index (χ0n) is 10.8. The summed E-state index contributed by atoms with van der Waals surface area (Å²) in [5, 5.41) is 7.30. The van der Waals surface area contributed by atoms with Crippen molar-refractivity contribution in [3.8, 4) is 0 Å². The van der Waals surface area contributed by atoms with Crippen molar-refractivity contribution in [3.63, 3.8) is 0 Å². The van der Waals surface area contributed by atoms with Crippen molar-refractivity contribution in [2.75, 3.05) is 11.9 Å². The molecule has 1 saturated carbocycles. The van der Waals surface area contributed by atoms with Crippen LogP contribution in [0.1, 0.15) is 37.7 Å². The maximum absolute atomic E-state index is 4.49. The fourth-order valence-corrected chi connectivity index (χ4v) is 3.68. The second-order valence-electron chi connectivity index (χ2n) is 5.74. The molecule has 1 aromatic rings. The van der Waals surface area contributed by atoms with Gasteiger partial charge in [-0.05, 0) is 73.1 Å². The smallest absolute Gasteiger partial charge is 0.140 e. The summed E-state index contributed by atoms with van der Waals surface area (Å²) in [6, 6.07) is 2.67. The summed E-state index contributed by atoms with van der Waals surface area (Å²) in [6.45, 7) is 3.19. The molecule has 0 amide bonds. The molecule has 3 nitrogen and oxygen atoms in total. The first kappa shape index (κ1) is 12.4. The highest BCUT2D eigenvalue weighted by atomic mass is 79.9. The van der Waals surface area contributed by atoms with Crippen LogP contribution in [0.25, 0.3) is 0 Å². The Morgan fingerprint density at radius 1 is 1.50 bits per heavy atom. The fourth-order valence-electron chi connectivity index (χ4n) is 3.10. The van der Waals surface area contributed by atoms with Crippen LogP contribution in [0.15, 0.2) is 16.7 Å². The summed E-state index contributed by atoms with van der Waals surface area (Å²) in [6.07, 6.45) is 8.40. The van der Waals surface area contributed by atoms with Crippen molar-refractivity contribution in [1.82, 2.24) is 10.3 Å². The lowest BCUT2D eigenvalue weighted by Crippen LogP contribution is -2.58. The fraction of sp³-hybridized carbons (Fsp3) is 0.643. The Morgan fingerprint density at radius 2 is 2.33 bits per heavy atom. The van der Waals surface area contributed by atoms with Gasteiger partial charge in [0.1, 0.15) is 5.82 Å². The van der Waals surface area contributed by atoms with Gasteiger partial charge in [-0.3, -0.25) is 0 Å². The van der Waals surface area contributed by atoms with E-state index < -0.39 is 0 Å². The molecule has 2 N–H and O–H groups in total. The molecule has 1 aliphatic carbocycles. The van der Waals surface area contributed by atoms with Crippen molar-refractivity contribution in [3.05, 3.63) is 22.3 Å². The quantitative estimate of drug-likeness (QED) is 0.880. The number of aryl methyl sites for hydroxylation is 1. The van der Waals surface area contributed by atoms with Crippen molar-refractivity contribution in [2.24, 2.45) is 0 Å². The number of hydrogen-bond donors (Lipinski definition) is 2. The SMILES string of the molecule is Cc1cnc(NC2CCNC3(CCC3)C2)c(Br)c1. The van der Waals surface area contributed by atoms with Crippen LogP contribution >= 0.6 is 15.9 Å². The van der Waals surface area contributed by atoms with Crippen LogP contribution in [0.3, 0.4) is 0 Å². The molecule has 0 bridgehead atoms. The molecule has 2 aliphatic rings. The van der Waals surface area contributed by atoms with Gasteiger partial charge in [0.05, 0.1) is 4.47 Å². The zero-order valence-corrected chi connectivity index (χ0v) is 12.4. The minimum atomic E-state index is 0.438. The number of piperidine rings is 1. The van der Waals surface area contributed by atoms with Crippen molar-refractivity contribution in [2.45, 2.75) is 50.6 Å². The molecule has 1 atom stereocenters. The van der Waals surface area contributed by atoms with Gasteiger partial charge in [0.15, 0.2) is 0 Å². The maximum atomic E-state index is 4.49. The Labute approximate surface area is 117 Å². The Bertz CT molecular complexity index is 443. The molecular formula is C14H20BrN3. The van der Waals surface area contributed by atoms with E-state index in [1.165, 1.54) is 37.7 Å². The number of hydrogen-bond acceptors (Lipinski definition) is 3. The molecular weight excluding hydrogens is 290 g/mol. The predicted molar refractivity (Wildman–Crippen MR) is 77.9 cm³/mol. The van der Waals surface area contributed by atoms with E-state index in [-0.39, 0.29) is 0 Å². The molecule has 0 aromatic carbocycles. The van der Waals surface area contributed by atoms with Crippen LogP contribution in [-0.2, 0) is 0 Å². The maximum Gasteiger partial charge on any atom is 0.140 e. The largest absolute Gasteiger partial charge is 0.366 e. The molecule has 1 aliphatic heterocycles. The monoisotopic (exact) mass is 309 g/mol. The third-order valence-electron chi connectivity index (χ3n) is 4.26. The first-order valence-corrected chi connectivity index (χ1v) is 7.60. The molecule has 4 heteroatoms. The molecule has 18 heavy (non-hydrogen) atoms. The lowest BCUT2D eigenvalue weighted by molar-refractivity contribution is 0.135. The summed E-state index contributed by atoms with van der Waals surface area (Å²) in [5.41, 5.74) is 1.63. The van der Waals surface area contributed by atoms with E-state index >= 15 is 0 Å². The van der Waals surface area contributed by atoms with E-state index in [0.717, 1.165) is 16.8 Å². The molecule has 1 saturated heterocycles. The van der Waals surface area contributed by atoms with Crippen LogP contribution in [0.5, 0.6) is 0 Å². The number of rotatable bonds is 2. The van der Waals surface area contributed by atoms with Crippen LogP contribution in [0.4, 0.5) is 5.82 Å². The number of pyridine rings is 1. The molecule has 1 aromatic heterocycles. The third-order valence-corrected chi connectivity index (χ3v) is 4.86. The average Bonchev–Trinajstić information content (AvgIpc) is 2.31. The molecule has 1 unspecified atom stereocenters. The van der Waals surface area contributed by atoms with Gasteiger partial charge in [0, 0.05) is 17.8 Å². The Kier molecular flexibility index (Phi) is 3.32. The first-order chi connectivity index (χ1) is 8.67. The zero-order chi connectivity index (χ0) is 12.6. The predicted octanol–water partition coefficient (Wildman–Crippen LogP) is 3.24. The van der Waals surface area contributed by atoms with Gasteiger partial charge in [-0.2, -0.15) is 0 Å². The molecule has 3 rings (SSSR count). The topological polar surface area (TPSA) is 37.0 Å². The number of halogens is 1. The van der Waals surface area contributed by atoms with Gasteiger partial charge in [-0.25, -0.2) is 4.98 Å². The van der Waals surface area contributed by atoms with E-state index in [4.69, 9.17) is 0 Å². The van der Waals surface area contributed by atoms with Crippen LogP contribution in [-0.4, -0.2) is 23.1 Å². The van der Waals surface area contributed by atoms with E-state index in [2.05, 4.69) is 44.5 Å². The summed E-state index contributed by atoms with van der Waals surface area (Å²) < 4.78 is 1.07. The lowest BCUT2D eigenvalue weighted by Gasteiger charge is -2.48.